The van der Waals surface area contributed by atoms with Gasteiger partial charge in [0, 0.05) is 13.0 Å². The Morgan fingerprint density at radius 3 is 2.28 bits per heavy atom. The largest absolute Gasteiger partial charge is 0.481 e. The lowest BCUT2D eigenvalue weighted by molar-refractivity contribution is -0.137. The van der Waals surface area contributed by atoms with E-state index in [2.05, 4.69) is 34.9 Å². The number of carboxylic acids is 1. The van der Waals surface area contributed by atoms with Gasteiger partial charge in [-0.05, 0) is 52.0 Å². The molecule has 1 amide bonds. The van der Waals surface area contributed by atoms with Crippen molar-refractivity contribution < 1.29 is 14.7 Å². The molecule has 0 aliphatic heterocycles. The summed E-state index contributed by atoms with van der Waals surface area (Å²) in [6.07, 6.45) is 8.18. The van der Waals surface area contributed by atoms with E-state index in [0.29, 0.717) is 13.0 Å². The van der Waals surface area contributed by atoms with Crippen molar-refractivity contribution in [3.63, 3.8) is 0 Å². The first-order valence-electron chi connectivity index (χ1n) is 10.9. The maximum absolute atomic E-state index is 12.0. The van der Waals surface area contributed by atoms with E-state index in [9.17, 15) is 9.59 Å². The van der Waals surface area contributed by atoms with E-state index >= 15 is 0 Å². The van der Waals surface area contributed by atoms with Crippen molar-refractivity contribution in [2.75, 3.05) is 33.7 Å². The zero-order valence-corrected chi connectivity index (χ0v) is 18.2. The van der Waals surface area contributed by atoms with E-state index in [1.165, 1.54) is 24.8 Å². The number of nitrogens with zero attached hydrogens (tertiary/aromatic N) is 1. The number of carbonyl (C=O) groups is 2. The number of rotatable bonds is 17. The van der Waals surface area contributed by atoms with Gasteiger partial charge in [0.2, 0.25) is 5.91 Å². The summed E-state index contributed by atoms with van der Waals surface area (Å²) >= 11 is 0. The van der Waals surface area contributed by atoms with Gasteiger partial charge in [-0.1, -0.05) is 56.0 Å². The molecule has 0 unspecified atom stereocenters. The van der Waals surface area contributed by atoms with Crippen LogP contribution in [-0.2, 0) is 16.0 Å². The Morgan fingerprint density at radius 1 is 0.966 bits per heavy atom. The number of benzene rings is 1. The molecular formula is C23H39N3O3. The molecule has 164 valence electrons. The quantitative estimate of drug-likeness (QED) is 0.347. The van der Waals surface area contributed by atoms with Crippen molar-refractivity contribution >= 4 is 11.9 Å². The molecule has 6 heteroatoms. The van der Waals surface area contributed by atoms with Crippen molar-refractivity contribution in [3.8, 4) is 0 Å². The Balaban J connectivity index is 1.95. The summed E-state index contributed by atoms with van der Waals surface area (Å²) in [7, 11) is 3.75. The molecule has 1 aromatic carbocycles. The molecule has 0 spiro atoms. The minimum Gasteiger partial charge on any atom is -0.481 e. The van der Waals surface area contributed by atoms with Crippen LogP contribution in [0.3, 0.4) is 0 Å². The summed E-state index contributed by atoms with van der Waals surface area (Å²) in [5, 5.41) is 15.3. The number of hydrogen-bond acceptors (Lipinski definition) is 4. The Hall–Kier alpha value is -1.92. The van der Waals surface area contributed by atoms with Crippen LogP contribution in [0.15, 0.2) is 30.3 Å². The number of amides is 1. The van der Waals surface area contributed by atoms with E-state index in [-0.39, 0.29) is 18.4 Å². The third-order valence-electron chi connectivity index (χ3n) is 4.81. The molecular weight excluding hydrogens is 366 g/mol. The van der Waals surface area contributed by atoms with E-state index in [1.54, 1.807) is 0 Å². The SMILES string of the molecule is CN(C)C[C@@H](CC(=O)O)NC(=O)CCCCCCCCNCCc1ccccc1. The number of likely N-dealkylation sites (N-methyl/N-ethyl adjacent to an activating group) is 1. The van der Waals surface area contributed by atoms with Crippen LogP contribution in [-0.4, -0.2) is 61.7 Å². The monoisotopic (exact) mass is 405 g/mol. The van der Waals surface area contributed by atoms with Gasteiger partial charge in [0.1, 0.15) is 0 Å². The van der Waals surface area contributed by atoms with E-state index in [0.717, 1.165) is 38.8 Å². The van der Waals surface area contributed by atoms with Crippen LogP contribution in [0.5, 0.6) is 0 Å². The third-order valence-corrected chi connectivity index (χ3v) is 4.81. The van der Waals surface area contributed by atoms with Crippen LogP contribution in [0.2, 0.25) is 0 Å². The van der Waals surface area contributed by atoms with Crippen LogP contribution in [0.1, 0.15) is 56.9 Å². The summed E-state index contributed by atoms with van der Waals surface area (Å²) in [5.74, 6) is -0.924. The average Bonchev–Trinajstić information content (AvgIpc) is 2.65. The maximum atomic E-state index is 12.0. The highest BCUT2D eigenvalue weighted by molar-refractivity contribution is 5.77. The molecule has 1 atom stereocenters. The van der Waals surface area contributed by atoms with Gasteiger partial charge in [-0.3, -0.25) is 9.59 Å². The van der Waals surface area contributed by atoms with E-state index < -0.39 is 5.97 Å². The number of hydrogen-bond donors (Lipinski definition) is 3. The highest BCUT2D eigenvalue weighted by atomic mass is 16.4. The summed E-state index contributed by atoms with van der Waals surface area (Å²) in [5.41, 5.74) is 1.38. The predicted octanol–water partition coefficient (Wildman–Crippen LogP) is 3.07. The van der Waals surface area contributed by atoms with Crippen LogP contribution in [0.25, 0.3) is 0 Å². The lowest BCUT2D eigenvalue weighted by Crippen LogP contribution is -2.42. The second-order valence-electron chi connectivity index (χ2n) is 7.98. The first-order valence-corrected chi connectivity index (χ1v) is 10.9. The molecule has 0 aromatic heterocycles. The molecule has 29 heavy (non-hydrogen) atoms. The maximum Gasteiger partial charge on any atom is 0.305 e. The lowest BCUT2D eigenvalue weighted by Gasteiger charge is -2.20. The first kappa shape index (κ1) is 25.1. The Bertz CT molecular complexity index is 564. The molecule has 0 heterocycles. The van der Waals surface area contributed by atoms with Crippen molar-refractivity contribution in [3.05, 3.63) is 35.9 Å². The van der Waals surface area contributed by atoms with Gasteiger partial charge in [-0.2, -0.15) is 0 Å². The lowest BCUT2D eigenvalue weighted by atomic mass is 10.1. The van der Waals surface area contributed by atoms with Crippen molar-refractivity contribution in [2.45, 2.75) is 63.8 Å². The van der Waals surface area contributed by atoms with Crippen molar-refractivity contribution in [2.24, 2.45) is 0 Å². The minimum atomic E-state index is -0.883. The van der Waals surface area contributed by atoms with Gasteiger partial charge in [0.25, 0.3) is 0 Å². The highest BCUT2D eigenvalue weighted by Gasteiger charge is 2.16. The zero-order valence-electron chi connectivity index (χ0n) is 18.2. The van der Waals surface area contributed by atoms with Crippen molar-refractivity contribution in [1.82, 2.24) is 15.5 Å². The number of nitrogens with one attached hydrogen (secondary N) is 2. The van der Waals surface area contributed by atoms with Gasteiger partial charge in [-0.15, -0.1) is 0 Å². The Labute approximate surface area is 176 Å². The average molecular weight is 406 g/mol. The molecule has 0 saturated heterocycles. The third kappa shape index (κ3) is 14.7. The number of aliphatic carboxylic acids is 1. The standard InChI is InChI=1S/C23H39N3O3/c1-26(2)19-21(18-23(28)29)25-22(27)14-10-5-3-4-6-11-16-24-17-15-20-12-8-7-9-13-20/h7-9,12-13,21,24H,3-6,10-11,14-19H2,1-2H3,(H,25,27)(H,28,29)/t21-/m1/s1. The fourth-order valence-corrected chi connectivity index (χ4v) is 3.36. The second kappa shape index (κ2) is 15.9. The molecule has 0 saturated carbocycles. The number of carbonyl (C=O) groups excluding carboxylic acids is 1. The van der Waals surface area contributed by atoms with Gasteiger partial charge >= 0.3 is 5.97 Å². The fraction of sp³-hybridized carbons (Fsp3) is 0.652. The molecule has 0 aliphatic carbocycles. The summed E-state index contributed by atoms with van der Waals surface area (Å²) in [6.45, 7) is 2.62. The van der Waals surface area contributed by atoms with E-state index in [1.807, 2.05) is 25.1 Å². The molecule has 0 aliphatic rings. The number of carboxylic acid groups (broad SMARTS) is 1. The molecule has 1 aromatic rings. The summed E-state index contributed by atoms with van der Waals surface area (Å²) in [6, 6.07) is 10.2. The van der Waals surface area contributed by atoms with Crippen LogP contribution in [0, 0.1) is 0 Å². The normalized spacial score (nSPS) is 12.1. The molecule has 3 N–H and O–H groups in total. The topological polar surface area (TPSA) is 81.7 Å². The van der Waals surface area contributed by atoms with Crippen LogP contribution < -0.4 is 10.6 Å². The second-order valence-corrected chi connectivity index (χ2v) is 7.98. The molecule has 1 rings (SSSR count). The first-order chi connectivity index (χ1) is 14.0. The molecule has 0 bridgehead atoms. The summed E-state index contributed by atoms with van der Waals surface area (Å²) in [4.78, 5) is 24.8. The number of unbranched alkanes of at least 4 members (excludes halogenated alkanes) is 5. The van der Waals surface area contributed by atoms with Gasteiger partial charge < -0.3 is 20.6 Å². The Kier molecular flexibility index (Phi) is 13.8. The van der Waals surface area contributed by atoms with Gasteiger partial charge in [0.05, 0.1) is 12.5 Å². The van der Waals surface area contributed by atoms with Gasteiger partial charge in [0.15, 0.2) is 0 Å². The van der Waals surface area contributed by atoms with Crippen LogP contribution >= 0.6 is 0 Å². The fourth-order valence-electron chi connectivity index (χ4n) is 3.36. The highest BCUT2D eigenvalue weighted by Crippen LogP contribution is 2.07. The molecule has 0 radical (unpaired) electrons. The van der Waals surface area contributed by atoms with Crippen molar-refractivity contribution in [1.29, 1.82) is 0 Å². The predicted molar refractivity (Wildman–Crippen MR) is 118 cm³/mol. The molecule has 6 nitrogen and oxygen atoms in total. The van der Waals surface area contributed by atoms with E-state index in [4.69, 9.17) is 5.11 Å². The zero-order chi connectivity index (χ0) is 21.3. The summed E-state index contributed by atoms with van der Waals surface area (Å²) < 4.78 is 0. The molecule has 0 fully saturated rings. The van der Waals surface area contributed by atoms with Gasteiger partial charge in [-0.25, -0.2) is 0 Å². The Morgan fingerprint density at radius 2 is 1.62 bits per heavy atom. The minimum absolute atomic E-state index is 0.0384. The van der Waals surface area contributed by atoms with Crippen LogP contribution in [0.4, 0.5) is 0 Å². The smallest absolute Gasteiger partial charge is 0.305 e.